The Bertz CT molecular complexity index is 648. The fourth-order valence-electron chi connectivity index (χ4n) is 2.21. The molecule has 122 valence electrons. The zero-order valence-corrected chi connectivity index (χ0v) is 14.4. The predicted octanol–water partition coefficient (Wildman–Crippen LogP) is 5.07. The number of hydrogen-bond acceptors (Lipinski definition) is 4. The molecule has 0 aliphatic rings. The molecule has 23 heavy (non-hydrogen) atoms. The van der Waals surface area contributed by atoms with Crippen molar-refractivity contribution in [2.24, 2.45) is 4.99 Å². The van der Waals surface area contributed by atoms with Crippen molar-refractivity contribution in [3.8, 4) is 0 Å². The third kappa shape index (κ3) is 4.87. The Morgan fingerprint density at radius 2 is 1.48 bits per heavy atom. The molecule has 5 heteroatoms. The lowest BCUT2D eigenvalue weighted by Gasteiger charge is -2.23. The van der Waals surface area contributed by atoms with Crippen molar-refractivity contribution in [2.75, 3.05) is 13.2 Å². The Hall–Kier alpha value is -1.74. The summed E-state index contributed by atoms with van der Waals surface area (Å²) in [6.07, 6.45) is 1.71. The van der Waals surface area contributed by atoms with E-state index in [4.69, 9.17) is 9.05 Å². The second-order valence-corrected chi connectivity index (χ2v) is 6.93. The van der Waals surface area contributed by atoms with Crippen LogP contribution < -0.4 is 0 Å². The summed E-state index contributed by atoms with van der Waals surface area (Å²) in [5.41, 5.74) is 1.75. The molecule has 4 nitrogen and oxygen atoms in total. The average molecular weight is 331 g/mol. The molecule has 0 aliphatic heterocycles. The van der Waals surface area contributed by atoms with Crippen molar-refractivity contribution < 1.29 is 13.6 Å². The lowest BCUT2D eigenvalue weighted by Crippen LogP contribution is -2.05. The van der Waals surface area contributed by atoms with Crippen LogP contribution in [0.2, 0.25) is 0 Å². The maximum absolute atomic E-state index is 13.2. The fourth-order valence-corrected chi connectivity index (χ4v) is 4.05. The summed E-state index contributed by atoms with van der Waals surface area (Å²) in [5.74, 6) is -0.677. The fraction of sp³-hybridized carbons (Fsp3) is 0.278. The van der Waals surface area contributed by atoms with E-state index in [0.717, 1.165) is 11.1 Å². The van der Waals surface area contributed by atoms with E-state index in [0.29, 0.717) is 13.2 Å². The van der Waals surface area contributed by atoms with Gasteiger partial charge < -0.3 is 9.05 Å². The Labute approximate surface area is 137 Å². The third-order valence-electron chi connectivity index (χ3n) is 3.18. The minimum atomic E-state index is -3.39. The highest BCUT2D eigenvalue weighted by Crippen LogP contribution is 2.61. The molecule has 2 aromatic carbocycles. The molecule has 1 unspecified atom stereocenters. The van der Waals surface area contributed by atoms with Crippen LogP contribution in [0.5, 0.6) is 0 Å². The van der Waals surface area contributed by atoms with Crippen molar-refractivity contribution >= 4 is 13.8 Å². The first-order chi connectivity index (χ1) is 11.2. The smallest absolute Gasteiger partial charge is 0.307 e. The monoisotopic (exact) mass is 331 g/mol. The number of benzene rings is 2. The highest BCUT2D eigenvalue weighted by molar-refractivity contribution is 7.54. The van der Waals surface area contributed by atoms with Crippen LogP contribution in [-0.2, 0) is 13.6 Å². The van der Waals surface area contributed by atoms with Gasteiger partial charge in [0.15, 0.2) is 5.78 Å². The standard InChI is InChI=1S/C18H22NO3P/c1-3-21-23(20,22-4-2)18(17-13-9-6-10-14-17)19-15-16-11-7-5-8-12-16/h5-15,18H,3-4H2,1-2H3. The summed E-state index contributed by atoms with van der Waals surface area (Å²) in [4.78, 5) is 4.54. The molecule has 0 heterocycles. The summed E-state index contributed by atoms with van der Waals surface area (Å²) in [7, 11) is -3.39. The van der Waals surface area contributed by atoms with Crippen LogP contribution in [0, 0.1) is 0 Å². The highest BCUT2D eigenvalue weighted by atomic mass is 31.2. The summed E-state index contributed by atoms with van der Waals surface area (Å²) in [6, 6.07) is 19.2. The zero-order chi connectivity index (χ0) is 16.5. The highest BCUT2D eigenvalue weighted by Gasteiger charge is 2.36. The van der Waals surface area contributed by atoms with E-state index < -0.39 is 13.4 Å². The number of nitrogens with zero attached hydrogens (tertiary/aromatic N) is 1. The summed E-state index contributed by atoms with van der Waals surface area (Å²) < 4.78 is 24.2. The Kier molecular flexibility index (Phi) is 6.72. The molecule has 0 aromatic heterocycles. The lowest BCUT2D eigenvalue weighted by atomic mass is 10.2. The topological polar surface area (TPSA) is 47.9 Å². The SMILES string of the molecule is CCOP(=O)(OCC)C(N=Cc1ccccc1)c1ccccc1. The second-order valence-electron chi connectivity index (χ2n) is 4.85. The molecule has 0 saturated carbocycles. The Morgan fingerprint density at radius 3 is 2.00 bits per heavy atom. The van der Waals surface area contributed by atoms with Crippen molar-refractivity contribution in [3.63, 3.8) is 0 Å². The van der Waals surface area contributed by atoms with Crippen LogP contribution in [-0.4, -0.2) is 19.4 Å². The molecule has 0 aliphatic carbocycles. The maximum Gasteiger partial charge on any atom is 0.359 e. The van der Waals surface area contributed by atoms with E-state index in [1.165, 1.54) is 0 Å². The van der Waals surface area contributed by atoms with Gasteiger partial charge in [0.1, 0.15) is 0 Å². The number of aliphatic imine (C=N–C) groups is 1. The van der Waals surface area contributed by atoms with Crippen molar-refractivity contribution in [1.82, 2.24) is 0 Å². The van der Waals surface area contributed by atoms with E-state index in [1.807, 2.05) is 60.7 Å². The normalized spacial score (nSPS) is 13.3. The molecule has 0 spiro atoms. The molecule has 1 atom stereocenters. The minimum absolute atomic E-state index is 0.307. The Morgan fingerprint density at radius 1 is 0.957 bits per heavy atom. The summed E-state index contributed by atoms with van der Waals surface area (Å²) in [6.45, 7) is 4.21. The van der Waals surface area contributed by atoms with Crippen LogP contribution in [0.15, 0.2) is 65.7 Å². The summed E-state index contributed by atoms with van der Waals surface area (Å²) in [5, 5.41) is 0. The largest absolute Gasteiger partial charge is 0.359 e. The molecule has 2 aromatic rings. The van der Waals surface area contributed by atoms with Gasteiger partial charge in [-0.25, -0.2) is 0 Å². The average Bonchev–Trinajstić information content (AvgIpc) is 2.57. The van der Waals surface area contributed by atoms with Gasteiger partial charge in [0.25, 0.3) is 0 Å². The van der Waals surface area contributed by atoms with Gasteiger partial charge in [-0.2, -0.15) is 0 Å². The van der Waals surface area contributed by atoms with E-state index in [1.54, 1.807) is 20.1 Å². The molecule has 0 fully saturated rings. The van der Waals surface area contributed by atoms with Gasteiger partial charge in [0, 0.05) is 6.21 Å². The van der Waals surface area contributed by atoms with Crippen LogP contribution in [0.25, 0.3) is 0 Å². The molecule has 0 bridgehead atoms. The van der Waals surface area contributed by atoms with Crippen LogP contribution in [0.1, 0.15) is 30.8 Å². The maximum atomic E-state index is 13.2. The number of hydrogen-bond donors (Lipinski definition) is 0. The Balaban J connectivity index is 2.39. The van der Waals surface area contributed by atoms with Gasteiger partial charge in [-0.3, -0.25) is 9.56 Å². The van der Waals surface area contributed by atoms with Gasteiger partial charge in [-0.15, -0.1) is 0 Å². The van der Waals surface area contributed by atoms with E-state index >= 15 is 0 Å². The van der Waals surface area contributed by atoms with Gasteiger partial charge in [0.05, 0.1) is 13.2 Å². The van der Waals surface area contributed by atoms with E-state index in [2.05, 4.69) is 4.99 Å². The third-order valence-corrected chi connectivity index (χ3v) is 5.45. The molecular formula is C18H22NO3P. The first kappa shape index (κ1) is 17.6. The molecule has 0 radical (unpaired) electrons. The van der Waals surface area contributed by atoms with E-state index in [9.17, 15) is 4.57 Å². The molecular weight excluding hydrogens is 309 g/mol. The van der Waals surface area contributed by atoms with Gasteiger partial charge in [0.2, 0.25) is 0 Å². The van der Waals surface area contributed by atoms with Crippen LogP contribution >= 0.6 is 7.60 Å². The molecule has 0 saturated heterocycles. The first-order valence-electron chi connectivity index (χ1n) is 7.71. The lowest BCUT2D eigenvalue weighted by molar-refractivity contribution is 0.212. The number of rotatable bonds is 8. The quantitative estimate of drug-likeness (QED) is 0.501. The van der Waals surface area contributed by atoms with Crippen molar-refractivity contribution in [2.45, 2.75) is 19.6 Å². The van der Waals surface area contributed by atoms with Crippen LogP contribution in [0.3, 0.4) is 0 Å². The summed E-state index contributed by atoms with van der Waals surface area (Å²) >= 11 is 0. The predicted molar refractivity (Wildman–Crippen MR) is 94.1 cm³/mol. The van der Waals surface area contributed by atoms with E-state index in [-0.39, 0.29) is 0 Å². The zero-order valence-electron chi connectivity index (χ0n) is 13.5. The second kappa shape index (κ2) is 8.78. The van der Waals surface area contributed by atoms with Crippen molar-refractivity contribution in [3.05, 3.63) is 71.8 Å². The van der Waals surface area contributed by atoms with Gasteiger partial charge in [-0.1, -0.05) is 60.7 Å². The minimum Gasteiger partial charge on any atom is -0.307 e. The molecule has 0 N–H and O–H groups in total. The van der Waals surface area contributed by atoms with Crippen molar-refractivity contribution in [1.29, 1.82) is 0 Å². The molecule has 2 rings (SSSR count). The van der Waals surface area contributed by atoms with Gasteiger partial charge >= 0.3 is 7.60 Å². The first-order valence-corrected chi connectivity index (χ1v) is 9.32. The molecule has 0 amide bonds. The van der Waals surface area contributed by atoms with Crippen LogP contribution in [0.4, 0.5) is 0 Å². The van der Waals surface area contributed by atoms with Gasteiger partial charge in [-0.05, 0) is 25.0 Å².